The number of piperidine rings is 1. The molecule has 0 aliphatic carbocycles. The van der Waals surface area contributed by atoms with E-state index in [2.05, 4.69) is 4.98 Å². The molecule has 0 bridgehead atoms. The normalized spacial score (nSPS) is 15.2. The van der Waals surface area contributed by atoms with Crippen molar-refractivity contribution in [3.8, 4) is 0 Å². The number of hydrogen-bond acceptors (Lipinski definition) is 3. The van der Waals surface area contributed by atoms with Gasteiger partial charge in [0.05, 0.1) is 16.7 Å². The van der Waals surface area contributed by atoms with Crippen molar-refractivity contribution in [1.82, 2.24) is 14.3 Å². The number of H-pyrrole nitrogens is 1. The number of aromatic amines is 1. The van der Waals surface area contributed by atoms with Gasteiger partial charge in [-0.1, -0.05) is 29.3 Å². The van der Waals surface area contributed by atoms with Crippen LogP contribution in [0.3, 0.4) is 0 Å². The highest BCUT2D eigenvalue weighted by atomic mass is 35.5. The number of aliphatic hydroxyl groups excluding tert-OH is 1. The smallest absolute Gasteiger partial charge is 0.272 e. The average molecular weight is 438 g/mol. The number of benzene rings is 1. The van der Waals surface area contributed by atoms with Crippen molar-refractivity contribution in [3.05, 3.63) is 73.6 Å². The van der Waals surface area contributed by atoms with Crippen LogP contribution in [0, 0.1) is 5.82 Å². The lowest BCUT2D eigenvalue weighted by molar-refractivity contribution is 0.0542. The number of likely N-dealkylation sites (tertiary alicyclic amines) is 1. The summed E-state index contributed by atoms with van der Waals surface area (Å²) in [5.74, 6) is -0.997. The number of aromatic nitrogens is 2. The number of hydrogen-bond donors (Lipinski definition) is 2. The fraction of sp³-hybridized carbons (Fsp3) is 0.300. The summed E-state index contributed by atoms with van der Waals surface area (Å²) in [5, 5.41) is 10.1. The van der Waals surface area contributed by atoms with Crippen LogP contribution in [0.5, 0.6) is 0 Å². The molecule has 0 atom stereocenters. The molecule has 3 aromatic rings. The van der Waals surface area contributed by atoms with E-state index in [9.17, 15) is 19.1 Å². The Morgan fingerprint density at radius 3 is 2.69 bits per heavy atom. The molecular formula is C20H18Cl2FN3O3. The van der Waals surface area contributed by atoms with E-state index in [0.29, 0.717) is 49.1 Å². The Morgan fingerprint density at radius 2 is 1.97 bits per heavy atom. The molecule has 0 spiro atoms. The Bertz CT molecular complexity index is 1150. The van der Waals surface area contributed by atoms with E-state index in [4.69, 9.17) is 23.2 Å². The molecule has 2 aromatic heterocycles. The fourth-order valence-electron chi connectivity index (χ4n) is 3.62. The van der Waals surface area contributed by atoms with Gasteiger partial charge in [-0.2, -0.15) is 0 Å². The number of halogens is 3. The predicted octanol–water partition coefficient (Wildman–Crippen LogP) is 3.26. The molecule has 9 heteroatoms. The summed E-state index contributed by atoms with van der Waals surface area (Å²) in [5.41, 5.74) is 1.28. The summed E-state index contributed by atoms with van der Waals surface area (Å²) < 4.78 is 15.9. The van der Waals surface area contributed by atoms with Crippen molar-refractivity contribution in [1.29, 1.82) is 0 Å². The molecule has 1 amide bonds. The molecule has 1 saturated heterocycles. The molecule has 4 rings (SSSR count). The first-order chi connectivity index (χ1) is 13.8. The largest absolute Gasteiger partial charge is 0.393 e. The molecule has 1 aromatic carbocycles. The standard InChI is InChI=1S/C20H18Cl2FN3O3/c21-15-9-17-19(28)24-10-12(26(17)18(15)22)7-11-1-2-16(23)14(8-11)20(29)25-5-3-13(27)4-6-25/h1-2,8-10,13,27H,3-7H2,(H,24,28). The second-order valence-electron chi connectivity index (χ2n) is 7.13. The summed E-state index contributed by atoms with van der Waals surface area (Å²) in [6, 6.07) is 5.84. The van der Waals surface area contributed by atoms with Gasteiger partial charge in [0.1, 0.15) is 16.5 Å². The molecule has 6 nitrogen and oxygen atoms in total. The molecule has 1 aliphatic heterocycles. The maximum absolute atomic E-state index is 14.4. The summed E-state index contributed by atoms with van der Waals surface area (Å²) in [4.78, 5) is 29.0. The van der Waals surface area contributed by atoms with Crippen LogP contribution in [0.25, 0.3) is 5.52 Å². The number of rotatable bonds is 3. The van der Waals surface area contributed by atoms with Gasteiger partial charge in [0.15, 0.2) is 0 Å². The molecule has 2 N–H and O–H groups in total. The molecule has 0 radical (unpaired) electrons. The summed E-state index contributed by atoms with van der Waals surface area (Å²) in [7, 11) is 0. The second-order valence-corrected chi connectivity index (χ2v) is 7.89. The Balaban J connectivity index is 1.67. The van der Waals surface area contributed by atoms with Gasteiger partial charge in [-0.15, -0.1) is 0 Å². The zero-order valence-electron chi connectivity index (χ0n) is 15.3. The highest BCUT2D eigenvalue weighted by Gasteiger charge is 2.24. The highest BCUT2D eigenvalue weighted by molar-refractivity contribution is 6.42. The van der Waals surface area contributed by atoms with Gasteiger partial charge in [-0.25, -0.2) is 4.39 Å². The van der Waals surface area contributed by atoms with Crippen molar-refractivity contribution in [2.24, 2.45) is 0 Å². The van der Waals surface area contributed by atoms with Gasteiger partial charge in [-0.05, 0) is 36.6 Å². The Hall–Kier alpha value is -2.35. The summed E-state index contributed by atoms with van der Waals surface area (Å²) in [6.07, 6.45) is 2.37. The minimum Gasteiger partial charge on any atom is -0.393 e. The number of nitrogens with zero attached hydrogens (tertiary/aromatic N) is 2. The first kappa shape index (κ1) is 19.9. The average Bonchev–Trinajstić information content (AvgIpc) is 3.01. The number of carbonyl (C=O) groups is 1. The number of aliphatic hydroxyl groups is 1. The molecule has 0 unspecified atom stereocenters. The van der Waals surface area contributed by atoms with Crippen LogP contribution in [0.4, 0.5) is 4.39 Å². The third-order valence-electron chi connectivity index (χ3n) is 5.19. The lowest BCUT2D eigenvalue weighted by Gasteiger charge is -2.29. The van der Waals surface area contributed by atoms with Crippen molar-refractivity contribution in [2.45, 2.75) is 25.4 Å². The topological polar surface area (TPSA) is 77.8 Å². The van der Waals surface area contributed by atoms with Crippen LogP contribution in [0.2, 0.25) is 10.2 Å². The molecular weight excluding hydrogens is 420 g/mol. The zero-order chi connectivity index (χ0) is 20.7. The Kier molecular flexibility index (Phi) is 5.38. The fourth-order valence-corrected chi connectivity index (χ4v) is 4.06. The van der Waals surface area contributed by atoms with E-state index < -0.39 is 17.8 Å². The molecule has 152 valence electrons. The second kappa shape index (κ2) is 7.82. The molecule has 29 heavy (non-hydrogen) atoms. The monoisotopic (exact) mass is 437 g/mol. The summed E-state index contributed by atoms with van der Waals surface area (Å²) in [6.45, 7) is 0.781. The van der Waals surface area contributed by atoms with Crippen LogP contribution >= 0.6 is 23.2 Å². The summed E-state index contributed by atoms with van der Waals surface area (Å²) >= 11 is 12.3. The van der Waals surface area contributed by atoms with Crippen LogP contribution in [-0.4, -0.2) is 44.5 Å². The van der Waals surface area contributed by atoms with Gasteiger partial charge >= 0.3 is 0 Å². The predicted molar refractivity (Wildman–Crippen MR) is 108 cm³/mol. The van der Waals surface area contributed by atoms with Gasteiger partial charge in [-0.3, -0.25) is 14.0 Å². The van der Waals surface area contributed by atoms with E-state index in [1.54, 1.807) is 15.4 Å². The first-order valence-electron chi connectivity index (χ1n) is 9.18. The van der Waals surface area contributed by atoms with Gasteiger partial charge < -0.3 is 15.0 Å². The van der Waals surface area contributed by atoms with Crippen LogP contribution in [0.15, 0.2) is 35.3 Å². The Morgan fingerprint density at radius 1 is 1.24 bits per heavy atom. The number of carbonyl (C=O) groups excluding carboxylic acids is 1. The third kappa shape index (κ3) is 3.77. The van der Waals surface area contributed by atoms with Gasteiger partial charge in [0.2, 0.25) is 0 Å². The van der Waals surface area contributed by atoms with E-state index >= 15 is 0 Å². The van der Waals surface area contributed by atoms with E-state index in [-0.39, 0.29) is 21.3 Å². The van der Waals surface area contributed by atoms with Crippen molar-refractivity contribution in [2.75, 3.05) is 13.1 Å². The van der Waals surface area contributed by atoms with Crippen molar-refractivity contribution in [3.63, 3.8) is 0 Å². The third-order valence-corrected chi connectivity index (χ3v) is 5.94. The van der Waals surface area contributed by atoms with E-state index in [1.165, 1.54) is 24.4 Å². The van der Waals surface area contributed by atoms with E-state index in [1.807, 2.05) is 0 Å². The Labute approximate surface area is 175 Å². The minimum atomic E-state index is -0.599. The zero-order valence-corrected chi connectivity index (χ0v) is 16.8. The minimum absolute atomic E-state index is 0.0174. The molecule has 1 aliphatic rings. The van der Waals surface area contributed by atoms with Crippen molar-refractivity contribution >= 4 is 34.6 Å². The van der Waals surface area contributed by atoms with Crippen molar-refractivity contribution < 1.29 is 14.3 Å². The quantitative estimate of drug-likeness (QED) is 0.659. The van der Waals surface area contributed by atoms with Gasteiger partial charge in [0, 0.05) is 31.4 Å². The van der Waals surface area contributed by atoms with Gasteiger partial charge in [0.25, 0.3) is 11.5 Å². The molecule has 3 heterocycles. The number of nitrogens with one attached hydrogen (secondary N) is 1. The van der Waals surface area contributed by atoms with Crippen LogP contribution in [0.1, 0.15) is 34.5 Å². The first-order valence-corrected chi connectivity index (χ1v) is 9.93. The maximum atomic E-state index is 14.4. The lowest BCUT2D eigenvalue weighted by Crippen LogP contribution is -2.40. The maximum Gasteiger partial charge on any atom is 0.272 e. The highest BCUT2D eigenvalue weighted by Crippen LogP contribution is 2.27. The van der Waals surface area contributed by atoms with Crippen LogP contribution in [-0.2, 0) is 6.42 Å². The van der Waals surface area contributed by atoms with Crippen LogP contribution < -0.4 is 5.56 Å². The van der Waals surface area contributed by atoms with E-state index in [0.717, 1.165) is 0 Å². The SMILES string of the molecule is O=C(c1cc(Cc2c[nH]c(=O)c3cc(Cl)c(Cl)n23)ccc1F)N1CCC(O)CC1. The molecule has 1 fully saturated rings. The molecule has 0 saturated carbocycles. The number of amides is 1. The lowest BCUT2D eigenvalue weighted by atomic mass is 10.0. The number of fused-ring (bicyclic) bond motifs is 1.